The van der Waals surface area contributed by atoms with Gasteiger partial charge in [-0.25, -0.2) is 0 Å². The minimum atomic E-state index is -0.833. The molecule has 4 nitrogen and oxygen atoms in total. The van der Waals surface area contributed by atoms with Crippen LogP contribution in [0.4, 0.5) is 17.1 Å². The van der Waals surface area contributed by atoms with Crippen LogP contribution < -0.4 is 9.80 Å². The van der Waals surface area contributed by atoms with Gasteiger partial charge in [-0.2, -0.15) is 6.67 Å². The molecular weight excluding hydrogens is 528 g/mol. The van der Waals surface area contributed by atoms with E-state index in [4.69, 9.17) is 9.90 Å². The number of aliphatic carboxylic acids is 1. The molecule has 1 radical (unpaired) electrons. The molecule has 5 heteroatoms. The summed E-state index contributed by atoms with van der Waals surface area (Å²) >= 11 is 0. The molecule has 1 heterocycles. The van der Waals surface area contributed by atoms with E-state index in [0.717, 1.165) is 6.92 Å². The average Bonchev–Trinajstić information content (AvgIpc) is 2.56. The maximum absolute atomic E-state index is 9.00. The minimum absolute atomic E-state index is 0. The Morgan fingerprint density at radius 1 is 0.964 bits per heavy atom. The number of aryl methyl sites for hydroxylation is 2. The van der Waals surface area contributed by atoms with Gasteiger partial charge in [0, 0.05) is 49.5 Å². The molecule has 0 amide bonds. The summed E-state index contributed by atoms with van der Waals surface area (Å²) in [5.74, 6) is -0.833. The van der Waals surface area contributed by atoms with E-state index in [1.807, 2.05) is 0 Å². The van der Waals surface area contributed by atoms with E-state index in [-0.39, 0.29) is 27.5 Å². The van der Waals surface area contributed by atoms with Crippen LogP contribution in [-0.2, 0) is 24.9 Å². The van der Waals surface area contributed by atoms with Gasteiger partial charge >= 0.3 is 0 Å². The van der Waals surface area contributed by atoms with E-state index < -0.39 is 5.97 Å². The average molecular weight is 555 g/mol. The van der Waals surface area contributed by atoms with Crippen molar-refractivity contribution in [1.29, 1.82) is 0 Å². The van der Waals surface area contributed by atoms with Crippen molar-refractivity contribution in [3.63, 3.8) is 0 Å². The summed E-state index contributed by atoms with van der Waals surface area (Å²) in [5, 5.41) is 10.0. The third-order valence-corrected chi connectivity index (χ3v) is 4.27. The normalized spacial score (nSPS) is 11.7. The van der Waals surface area contributed by atoms with Gasteiger partial charge in [0.1, 0.15) is 0 Å². The zero-order valence-electron chi connectivity index (χ0n) is 16.9. The molecule has 1 aliphatic rings. The largest absolute Gasteiger partial charge is 0.505 e. The molecule has 0 saturated carbocycles. The number of carbonyl (C=O) groups is 1. The van der Waals surface area contributed by atoms with Crippen LogP contribution in [0, 0.1) is 27.9 Å². The van der Waals surface area contributed by atoms with E-state index in [0.29, 0.717) is 0 Å². The van der Waals surface area contributed by atoms with Crippen molar-refractivity contribution in [2.45, 2.75) is 20.8 Å². The first-order valence-corrected chi connectivity index (χ1v) is 8.53. The van der Waals surface area contributed by atoms with Crippen molar-refractivity contribution in [2.75, 3.05) is 16.8 Å². The fourth-order valence-electron chi connectivity index (χ4n) is 3.39. The van der Waals surface area contributed by atoms with Crippen molar-refractivity contribution >= 4 is 33.8 Å². The van der Waals surface area contributed by atoms with Gasteiger partial charge in [-0.3, -0.25) is 4.79 Å². The Bertz CT molecular complexity index is 942. The molecule has 0 aliphatic carbocycles. The van der Waals surface area contributed by atoms with Gasteiger partial charge < -0.3 is 22.3 Å². The van der Waals surface area contributed by atoms with Crippen molar-refractivity contribution in [3.8, 4) is 0 Å². The molecule has 0 spiro atoms. The number of hydrogen-bond acceptors (Lipinski definition) is 3. The van der Waals surface area contributed by atoms with Crippen molar-refractivity contribution in [3.05, 3.63) is 79.8 Å². The van der Waals surface area contributed by atoms with Crippen LogP contribution in [0.3, 0.4) is 0 Å². The molecule has 4 rings (SSSR count). The molecule has 0 unspecified atom stereocenters. The fourth-order valence-corrected chi connectivity index (χ4v) is 3.39. The number of carboxylic acids is 1. The quantitative estimate of drug-likeness (QED) is 0.392. The predicted octanol–water partition coefficient (Wildman–Crippen LogP) is 5.70. The Labute approximate surface area is 181 Å². The Kier molecular flexibility index (Phi) is 8.22. The van der Waals surface area contributed by atoms with Crippen LogP contribution >= 0.6 is 0 Å². The molecule has 0 bridgehead atoms. The monoisotopic (exact) mass is 555 g/mol. The van der Waals surface area contributed by atoms with Crippen LogP contribution in [-0.4, -0.2) is 18.1 Å². The van der Waals surface area contributed by atoms with Gasteiger partial charge in [-0.05, 0) is 61.7 Å². The SMILES string of the molecule is CC(=O)O.Cc1cc(C)cc(N2[CH-]N(C)c3cccc4cccc2c34)c1.[CH3-].[Ir]. The van der Waals surface area contributed by atoms with Gasteiger partial charge in [0.2, 0.25) is 0 Å². The smallest absolute Gasteiger partial charge is 0.300 e. The molecule has 28 heavy (non-hydrogen) atoms. The Morgan fingerprint density at radius 2 is 1.46 bits per heavy atom. The fraction of sp³-hybridized carbons (Fsp3) is 0.174. The van der Waals surface area contributed by atoms with Crippen LogP contribution in [0.5, 0.6) is 0 Å². The second kappa shape index (κ2) is 9.72. The van der Waals surface area contributed by atoms with E-state index >= 15 is 0 Å². The Balaban J connectivity index is 0.000000601. The zero-order valence-corrected chi connectivity index (χ0v) is 19.3. The van der Waals surface area contributed by atoms with Crippen LogP contribution in [0.2, 0.25) is 0 Å². The first-order valence-electron chi connectivity index (χ1n) is 8.53. The summed E-state index contributed by atoms with van der Waals surface area (Å²) in [5.41, 5.74) is 6.30. The van der Waals surface area contributed by atoms with E-state index in [1.54, 1.807) is 0 Å². The first-order chi connectivity index (χ1) is 12.4. The number of benzene rings is 3. The molecule has 3 aromatic rings. The van der Waals surface area contributed by atoms with Gasteiger partial charge in [0.15, 0.2) is 0 Å². The Hall–Kier alpha value is -2.36. The summed E-state index contributed by atoms with van der Waals surface area (Å²) in [4.78, 5) is 13.5. The first kappa shape index (κ1) is 23.7. The van der Waals surface area contributed by atoms with E-state index in [1.165, 1.54) is 39.0 Å². The van der Waals surface area contributed by atoms with Crippen LogP contribution in [0.1, 0.15) is 18.1 Å². The summed E-state index contributed by atoms with van der Waals surface area (Å²) in [7, 11) is 2.11. The predicted molar refractivity (Wildman–Crippen MR) is 114 cm³/mol. The van der Waals surface area contributed by atoms with Gasteiger partial charge in [0.05, 0.1) is 0 Å². The maximum Gasteiger partial charge on any atom is 0.300 e. The maximum atomic E-state index is 9.00. The third-order valence-electron chi connectivity index (χ3n) is 4.27. The number of nitrogens with zero attached hydrogens (tertiary/aromatic N) is 2. The second-order valence-electron chi connectivity index (χ2n) is 6.61. The topological polar surface area (TPSA) is 43.8 Å². The van der Waals surface area contributed by atoms with Gasteiger partial charge in [-0.1, -0.05) is 30.3 Å². The van der Waals surface area contributed by atoms with E-state index in [9.17, 15) is 0 Å². The minimum Gasteiger partial charge on any atom is -0.505 e. The summed E-state index contributed by atoms with van der Waals surface area (Å²) in [6.07, 6.45) is 0. The molecule has 1 N–H and O–H groups in total. The van der Waals surface area contributed by atoms with Crippen LogP contribution in [0.25, 0.3) is 10.8 Å². The summed E-state index contributed by atoms with van der Waals surface area (Å²) < 4.78 is 0. The van der Waals surface area contributed by atoms with Crippen LogP contribution in [0.15, 0.2) is 54.6 Å². The van der Waals surface area contributed by atoms with Crippen molar-refractivity contribution in [2.24, 2.45) is 0 Å². The third kappa shape index (κ3) is 4.92. The number of hydrogen-bond donors (Lipinski definition) is 1. The summed E-state index contributed by atoms with van der Waals surface area (Å²) in [6, 6.07) is 19.7. The molecule has 0 atom stereocenters. The second-order valence-corrected chi connectivity index (χ2v) is 6.61. The van der Waals surface area contributed by atoms with Crippen molar-refractivity contribution < 1.29 is 30.0 Å². The standard InChI is InChI=1S/C20H19N2.C2H4O2.CH3.Ir/c1-14-10-15(2)12-17(11-14)22-13-21(3)18-8-4-6-16-7-5-9-19(22)20(16)18;1-2(3)4;;/h4-13H,1-3H3;1H3,(H,3,4);1H3;/q-1;;-1;. The summed E-state index contributed by atoms with van der Waals surface area (Å²) in [6.45, 7) is 7.56. The van der Waals surface area contributed by atoms with Gasteiger partial charge in [0.25, 0.3) is 5.97 Å². The number of anilines is 3. The molecular formula is C23H26IrN2O2-2. The number of rotatable bonds is 1. The van der Waals surface area contributed by atoms with Gasteiger partial charge in [-0.15, -0.1) is 0 Å². The number of carboxylic acid groups (broad SMARTS) is 1. The molecule has 0 aromatic heterocycles. The molecule has 3 aromatic carbocycles. The Morgan fingerprint density at radius 3 is 2.00 bits per heavy atom. The molecule has 151 valence electrons. The molecule has 1 aliphatic heterocycles. The van der Waals surface area contributed by atoms with E-state index in [2.05, 4.69) is 92.0 Å². The van der Waals surface area contributed by atoms with Crippen molar-refractivity contribution in [1.82, 2.24) is 0 Å². The molecule has 0 fully saturated rings. The molecule has 0 saturated heterocycles. The zero-order chi connectivity index (χ0) is 18.8.